The van der Waals surface area contributed by atoms with Crippen molar-refractivity contribution in [1.82, 2.24) is 9.97 Å². The highest BCUT2D eigenvalue weighted by atomic mass is 35.5. The van der Waals surface area contributed by atoms with Gasteiger partial charge in [0.25, 0.3) is 0 Å². The molecule has 1 aliphatic rings. The Morgan fingerprint density at radius 1 is 1.31 bits per heavy atom. The van der Waals surface area contributed by atoms with Gasteiger partial charge in [-0.15, -0.1) is 11.3 Å². The van der Waals surface area contributed by atoms with E-state index in [0.29, 0.717) is 51.8 Å². The van der Waals surface area contributed by atoms with Crippen molar-refractivity contribution in [2.24, 2.45) is 0 Å². The van der Waals surface area contributed by atoms with Crippen molar-refractivity contribution < 1.29 is 14.3 Å². The van der Waals surface area contributed by atoms with Gasteiger partial charge in [0.1, 0.15) is 23.8 Å². The Bertz CT molecular complexity index is 1170. The number of hydrogen-bond donors (Lipinski definition) is 1. The molecule has 4 rings (SSSR count). The third-order valence-corrected chi connectivity index (χ3v) is 6.54. The summed E-state index contributed by atoms with van der Waals surface area (Å²) >= 11 is 7.60. The second kappa shape index (κ2) is 9.13. The van der Waals surface area contributed by atoms with Crippen molar-refractivity contribution in [2.75, 3.05) is 29.3 Å². The van der Waals surface area contributed by atoms with E-state index in [0.717, 1.165) is 11.2 Å². The summed E-state index contributed by atoms with van der Waals surface area (Å²) < 4.78 is 6.09. The van der Waals surface area contributed by atoms with Crippen molar-refractivity contribution in [1.29, 1.82) is 0 Å². The molecule has 3 heterocycles. The van der Waals surface area contributed by atoms with Crippen LogP contribution in [0.5, 0.6) is 5.75 Å². The summed E-state index contributed by atoms with van der Waals surface area (Å²) in [4.78, 5) is 37.8. The van der Waals surface area contributed by atoms with Crippen molar-refractivity contribution in [3.8, 4) is 5.75 Å². The second-order valence-corrected chi connectivity index (χ2v) is 9.06. The maximum absolute atomic E-state index is 13.0. The monoisotopic (exact) mass is 471 g/mol. The van der Waals surface area contributed by atoms with E-state index >= 15 is 0 Å². The van der Waals surface area contributed by atoms with Crippen molar-refractivity contribution >= 4 is 58.3 Å². The van der Waals surface area contributed by atoms with Gasteiger partial charge in [-0.05, 0) is 36.8 Å². The molecule has 32 heavy (non-hydrogen) atoms. The van der Waals surface area contributed by atoms with Gasteiger partial charge in [-0.25, -0.2) is 4.98 Å². The van der Waals surface area contributed by atoms with Crippen LogP contribution in [0.25, 0.3) is 0 Å². The number of methoxy groups -OCH3 is 1. The summed E-state index contributed by atoms with van der Waals surface area (Å²) in [6, 6.07) is 8.52. The van der Waals surface area contributed by atoms with E-state index in [1.165, 1.54) is 18.4 Å². The van der Waals surface area contributed by atoms with Crippen LogP contribution in [-0.2, 0) is 11.3 Å². The standard InChI is InChI=1S/C22H22ClN5O3S/c1-4-16-21(30)27(2)17-10-24-22(25-15-7-5-13(12-29)9-18(15)31-3)26-20(17)28(16)11-14-6-8-19(23)32-14/h5-10,12,16H,4,11H2,1-3H3,(H,24,25,26)/t16-/m1/s1. The largest absolute Gasteiger partial charge is 0.495 e. The Kier molecular flexibility index (Phi) is 6.29. The number of carbonyl (C=O) groups is 2. The van der Waals surface area contributed by atoms with Crippen LogP contribution in [0.4, 0.5) is 23.1 Å². The number of hydrogen-bond acceptors (Lipinski definition) is 8. The lowest BCUT2D eigenvalue weighted by molar-refractivity contribution is -0.120. The summed E-state index contributed by atoms with van der Waals surface area (Å²) in [6.45, 7) is 2.49. The van der Waals surface area contributed by atoms with E-state index in [9.17, 15) is 9.59 Å². The zero-order chi connectivity index (χ0) is 22.8. The van der Waals surface area contributed by atoms with Gasteiger partial charge < -0.3 is 19.9 Å². The number of thiophene rings is 1. The molecule has 2 aromatic heterocycles. The molecule has 1 amide bonds. The smallest absolute Gasteiger partial charge is 0.249 e. The van der Waals surface area contributed by atoms with Crippen LogP contribution in [0.2, 0.25) is 4.34 Å². The Morgan fingerprint density at radius 3 is 2.78 bits per heavy atom. The number of amides is 1. The van der Waals surface area contributed by atoms with Crippen LogP contribution in [0.1, 0.15) is 28.6 Å². The normalized spacial score (nSPS) is 15.5. The lowest BCUT2D eigenvalue weighted by Crippen LogP contribution is -2.52. The van der Waals surface area contributed by atoms with Crippen molar-refractivity contribution in [2.45, 2.75) is 25.9 Å². The summed E-state index contributed by atoms with van der Waals surface area (Å²) in [5.41, 5.74) is 1.77. The zero-order valence-corrected chi connectivity index (χ0v) is 19.4. The van der Waals surface area contributed by atoms with Gasteiger partial charge in [0.15, 0.2) is 5.82 Å². The van der Waals surface area contributed by atoms with Crippen LogP contribution >= 0.6 is 22.9 Å². The minimum Gasteiger partial charge on any atom is -0.495 e. The lowest BCUT2D eigenvalue weighted by atomic mass is 10.1. The van der Waals surface area contributed by atoms with Gasteiger partial charge in [0.05, 0.1) is 29.9 Å². The summed E-state index contributed by atoms with van der Waals surface area (Å²) in [5, 5.41) is 3.16. The first-order valence-corrected chi connectivity index (χ1v) is 11.2. The van der Waals surface area contributed by atoms with E-state index in [-0.39, 0.29) is 11.9 Å². The number of nitrogens with one attached hydrogen (secondary N) is 1. The molecule has 0 radical (unpaired) electrons. The fraction of sp³-hybridized carbons (Fsp3) is 0.273. The number of aromatic nitrogens is 2. The Hall–Kier alpha value is -3.17. The van der Waals surface area contributed by atoms with Gasteiger partial charge in [-0.3, -0.25) is 9.59 Å². The molecule has 0 saturated heterocycles. The fourth-order valence-electron chi connectivity index (χ4n) is 3.69. The molecule has 0 fully saturated rings. The van der Waals surface area contributed by atoms with Crippen LogP contribution in [0, 0.1) is 0 Å². The lowest BCUT2D eigenvalue weighted by Gasteiger charge is -2.40. The third-order valence-electron chi connectivity index (χ3n) is 5.33. The topological polar surface area (TPSA) is 87.7 Å². The molecule has 0 aliphatic carbocycles. The molecule has 1 aliphatic heterocycles. The number of benzene rings is 1. The van der Waals surface area contributed by atoms with Gasteiger partial charge in [0, 0.05) is 17.5 Å². The zero-order valence-electron chi connectivity index (χ0n) is 17.8. The van der Waals surface area contributed by atoms with E-state index in [1.54, 1.807) is 36.3 Å². The van der Waals surface area contributed by atoms with Crippen LogP contribution in [-0.4, -0.2) is 42.4 Å². The number of likely N-dealkylation sites (N-methyl/N-ethyl adjacent to an activating group) is 1. The first kappa shape index (κ1) is 22.0. The van der Waals surface area contributed by atoms with Gasteiger partial charge in [0.2, 0.25) is 11.9 Å². The van der Waals surface area contributed by atoms with E-state index in [4.69, 9.17) is 21.3 Å². The molecule has 1 aromatic carbocycles. The highest BCUT2D eigenvalue weighted by Crippen LogP contribution is 2.38. The SMILES string of the molecule is CC[C@@H]1C(=O)N(C)c2cnc(Nc3ccc(C=O)cc3OC)nc2N1Cc1ccc(Cl)s1. The first-order chi connectivity index (χ1) is 15.4. The van der Waals surface area contributed by atoms with Crippen LogP contribution < -0.4 is 19.9 Å². The van der Waals surface area contributed by atoms with E-state index in [1.807, 2.05) is 24.0 Å². The molecule has 3 aromatic rings. The van der Waals surface area contributed by atoms with Crippen molar-refractivity contribution in [3.05, 3.63) is 51.3 Å². The van der Waals surface area contributed by atoms with E-state index < -0.39 is 0 Å². The van der Waals surface area contributed by atoms with Crippen molar-refractivity contribution in [3.63, 3.8) is 0 Å². The second-order valence-electron chi connectivity index (χ2n) is 7.26. The highest BCUT2D eigenvalue weighted by molar-refractivity contribution is 7.16. The van der Waals surface area contributed by atoms with Gasteiger partial charge >= 0.3 is 0 Å². The summed E-state index contributed by atoms with van der Waals surface area (Å²) in [6.07, 6.45) is 3.03. The van der Waals surface area contributed by atoms with Gasteiger partial charge in [-0.2, -0.15) is 4.98 Å². The predicted molar refractivity (Wildman–Crippen MR) is 127 cm³/mol. The molecule has 1 N–H and O–H groups in total. The van der Waals surface area contributed by atoms with E-state index in [2.05, 4.69) is 10.3 Å². The average Bonchev–Trinajstić information content (AvgIpc) is 3.22. The molecule has 10 heteroatoms. The van der Waals surface area contributed by atoms with Gasteiger partial charge in [-0.1, -0.05) is 18.5 Å². The average molecular weight is 472 g/mol. The molecule has 166 valence electrons. The molecular formula is C22H22ClN5O3S. The molecule has 0 spiro atoms. The summed E-state index contributed by atoms with van der Waals surface area (Å²) in [7, 11) is 3.27. The number of nitrogens with zero attached hydrogens (tertiary/aromatic N) is 4. The molecule has 8 nitrogen and oxygen atoms in total. The van der Waals surface area contributed by atoms with Crippen LogP contribution in [0.3, 0.4) is 0 Å². The molecular weight excluding hydrogens is 450 g/mol. The number of rotatable bonds is 7. The number of carbonyl (C=O) groups excluding carboxylic acids is 2. The molecule has 0 unspecified atom stereocenters. The molecule has 0 bridgehead atoms. The minimum absolute atomic E-state index is 0.00177. The third kappa shape index (κ3) is 4.13. The highest BCUT2D eigenvalue weighted by Gasteiger charge is 2.37. The number of aldehydes is 1. The fourth-order valence-corrected chi connectivity index (χ4v) is 4.77. The number of anilines is 4. The van der Waals surface area contributed by atoms with Crippen LogP contribution in [0.15, 0.2) is 36.5 Å². The number of ether oxygens (including phenoxy) is 1. The maximum atomic E-state index is 13.0. The number of halogens is 1. The maximum Gasteiger partial charge on any atom is 0.249 e. The predicted octanol–water partition coefficient (Wildman–Crippen LogP) is 4.52. The molecule has 0 saturated carbocycles. The Balaban J connectivity index is 1.73. The summed E-state index contributed by atoms with van der Waals surface area (Å²) in [5.74, 6) is 1.51. The minimum atomic E-state index is -0.350. The Labute approximate surface area is 194 Å². The Morgan fingerprint density at radius 2 is 2.12 bits per heavy atom. The number of fused-ring (bicyclic) bond motifs is 1. The first-order valence-electron chi connectivity index (χ1n) is 10.0. The quantitative estimate of drug-likeness (QED) is 0.507. The molecule has 1 atom stereocenters.